The van der Waals surface area contributed by atoms with Crippen LogP contribution >= 0.6 is 0 Å². The first-order valence-electron chi connectivity index (χ1n) is 3.99. The van der Waals surface area contributed by atoms with Gasteiger partial charge in [-0.15, -0.1) is 0 Å². The van der Waals surface area contributed by atoms with Crippen LogP contribution in [0.4, 0.5) is 0 Å². The summed E-state index contributed by atoms with van der Waals surface area (Å²) in [5, 5.41) is 27.3. The van der Waals surface area contributed by atoms with Gasteiger partial charge in [0.25, 0.3) is 0 Å². The molecule has 3 heteroatoms. The molecule has 0 aliphatic carbocycles. The van der Waals surface area contributed by atoms with Crippen molar-refractivity contribution in [1.82, 2.24) is 0 Å². The molecule has 0 heterocycles. The third kappa shape index (κ3) is 2.57. The predicted molar refractivity (Wildman–Crippen MR) is 49.3 cm³/mol. The summed E-state index contributed by atoms with van der Waals surface area (Å²) in [5.41, 5.74) is 0.437. The molecule has 1 atom stereocenters. The molecule has 0 bridgehead atoms. The predicted octanol–water partition coefficient (Wildman–Crippen LogP) is 0.974. The molecule has 0 fully saturated rings. The van der Waals surface area contributed by atoms with Gasteiger partial charge in [0.1, 0.15) is 11.9 Å². The molecule has 1 aromatic carbocycles. The second kappa shape index (κ2) is 4.64. The minimum Gasteiger partial charge on any atom is -0.508 e. The van der Waals surface area contributed by atoms with E-state index in [4.69, 9.17) is 5.11 Å². The number of hydrogen-bond donors (Lipinski definition) is 3. The highest BCUT2D eigenvalue weighted by atomic mass is 16.3. The van der Waals surface area contributed by atoms with Crippen LogP contribution in [0.5, 0.6) is 5.75 Å². The van der Waals surface area contributed by atoms with Gasteiger partial charge in [0.2, 0.25) is 0 Å². The van der Waals surface area contributed by atoms with E-state index in [9.17, 15) is 10.2 Å². The molecule has 1 aromatic rings. The van der Waals surface area contributed by atoms with E-state index in [0.717, 1.165) is 0 Å². The monoisotopic (exact) mass is 180 g/mol. The first-order chi connectivity index (χ1) is 6.25. The van der Waals surface area contributed by atoms with Crippen LogP contribution in [0.1, 0.15) is 11.7 Å². The number of hydrogen-bond acceptors (Lipinski definition) is 3. The number of rotatable bonds is 3. The third-order valence-corrected chi connectivity index (χ3v) is 1.68. The molecule has 0 radical (unpaired) electrons. The van der Waals surface area contributed by atoms with Crippen molar-refractivity contribution in [3.8, 4) is 5.75 Å². The van der Waals surface area contributed by atoms with Crippen molar-refractivity contribution in [2.75, 3.05) is 6.61 Å². The minimum absolute atomic E-state index is 0.0533. The largest absolute Gasteiger partial charge is 0.508 e. The van der Waals surface area contributed by atoms with Gasteiger partial charge in [-0.25, -0.2) is 0 Å². The lowest BCUT2D eigenvalue weighted by Gasteiger charge is -2.07. The Labute approximate surface area is 76.6 Å². The number of aliphatic hydroxyl groups excluding tert-OH is 2. The first kappa shape index (κ1) is 9.77. The summed E-state index contributed by atoms with van der Waals surface area (Å²) < 4.78 is 0. The molecular formula is C10H12O3. The quantitative estimate of drug-likeness (QED) is 0.607. The Bertz CT molecular complexity index is 294. The molecule has 3 nitrogen and oxygen atoms in total. The molecule has 3 N–H and O–H groups in total. The molecule has 0 saturated carbocycles. The molecule has 70 valence electrons. The SMILES string of the molecule is OCC=CC(O)c1ccccc1O. The van der Waals surface area contributed by atoms with Gasteiger partial charge < -0.3 is 15.3 Å². The molecule has 13 heavy (non-hydrogen) atoms. The fourth-order valence-electron chi connectivity index (χ4n) is 1.03. The minimum atomic E-state index is -0.867. The lowest BCUT2D eigenvalue weighted by atomic mass is 10.1. The zero-order chi connectivity index (χ0) is 9.68. The van der Waals surface area contributed by atoms with E-state index in [1.807, 2.05) is 0 Å². The highest BCUT2D eigenvalue weighted by Gasteiger charge is 2.06. The fraction of sp³-hybridized carbons (Fsp3) is 0.200. The first-order valence-corrected chi connectivity index (χ1v) is 3.99. The number of aliphatic hydroxyl groups is 2. The molecule has 0 aliphatic heterocycles. The van der Waals surface area contributed by atoms with Crippen LogP contribution in [0.3, 0.4) is 0 Å². The molecule has 1 rings (SSSR count). The number of phenolic OH excluding ortho intramolecular Hbond substituents is 1. The van der Waals surface area contributed by atoms with Crippen molar-refractivity contribution in [3.05, 3.63) is 42.0 Å². The summed E-state index contributed by atoms with van der Waals surface area (Å²) in [4.78, 5) is 0. The number of aromatic hydroxyl groups is 1. The molecule has 0 saturated heterocycles. The average molecular weight is 180 g/mol. The Kier molecular flexibility index (Phi) is 3.49. The molecule has 0 aliphatic rings. The van der Waals surface area contributed by atoms with Crippen LogP contribution in [0.25, 0.3) is 0 Å². The van der Waals surface area contributed by atoms with Crippen LogP contribution in [-0.4, -0.2) is 21.9 Å². The van der Waals surface area contributed by atoms with E-state index in [2.05, 4.69) is 0 Å². The molecule has 1 unspecified atom stereocenters. The van der Waals surface area contributed by atoms with Crippen molar-refractivity contribution >= 4 is 0 Å². The van der Waals surface area contributed by atoms with Crippen molar-refractivity contribution in [1.29, 1.82) is 0 Å². The summed E-state index contributed by atoms with van der Waals surface area (Å²) in [7, 11) is 0. The van der Waals surface area contributed by atoms with Crippen LogP contribution in [0, 0.1) is 0 Å². The van der Waals surface area contributed by atoms with Gasteiger partial charge in [0, 0.05) is 5.56 Å². The van der Waals surface area contributed by atoms with Gasteiger partial charge in [-0.1, -0.05) is 30.4 Å². The summed E-state index contributed by atoms with van der Waals surface area (Å²) in [5.74, 6) is 0.0533. The van der Waals surface area contributed by atoms with Crippen molar-refractivity contribution in [2.45, 2.75) is 6.10 Å². The van der Waals surface area contributed by atoms with E-state index in [1.54, 1.807) is 18.2 Å². The van der Waals surface area contributed by atoms with Gasteiger partial charge >= 0.3 is 0 Å². The average Bonchev–Trinajstić information content (AvgIpc) is 2.15. The number of phenols is 1. The molecule has 0 amide bonds. The fourth-order valence-corrected chi connectivity index (χ4v) is 1.03. The van der Waals surface area contributed by atoms with E-state index >= 15 is 0 Å². The highest BCUT2D eigenvalue weighted by molar-refractivity contribution is 5.35. The normalized spacial score (nSPS) is 13.4. The van der Waals surface area contributed by atoms with Crippen molar-refractivity contribution in [2.24, 2.45) is 0 Å². The summed E-state index contributed by atoms with van der Waals surface area (Å²) >= 11 is 0. The maximum absolute atomic E-state index is 9.47. The van der Waals surface area contributed by atoms with Gasteiger partial charge in [-0.05, 0) is 6.07 Å². The van der Waals surface area contributed by atoms with E-state index < -0.39 is 6.10 Å². The van der Waals surface area contributed by atoms with Gasteiger partial charge in [0.15, 0.2) is 0 Å². The highest BCUT2D eigenvalue weighted by Crippen LogP contribution is 2.23. The van der Waals surface area contributed by atoms with E-state index in [-0.39, 0.29) is 12.4 Å². The maximum atomic E-state index is 9.47. The van der Waals surface area contributed by atoms with Crippen molar-refractivity contribution < 1.29 is 15.3 Å². The second-order valence-corrected chi connectivity index (χ2v) is 2.61. The van der Waals surface area contributed by atoms with Crippen molar-refractivity contribution in [3.63, 3.8) is 0 Å². The Balaban J connectivity index is 2.82. The van der Waals surface area contributed by atoms with Crippen LogP contribution < -0.4 is 0 Å². The van der Waals surface area contributed by atoms with Gasteiger partial charge in [0.05, 0.1) is 6.61 Å². The second-order valence-electron chi connectivity index (χ2n) is 2.61. The Hall–Kier alpha value is -1.32. The van der Waals surface area contributed by atoms with Crippen LogP contribution in [-0.2, 0) is 0 Å². The molecule has 0 aromatic heterocycles. The summed E-state index contributed by atoms with van der Waals surface area (Å²) in [6.07, 6.45) is 1.99. The standard InChI is InChI=1S/C10H12O3/c11-7-3-6-10(13)8-4-1-2-5-9(8)12/h1-6,10-13H,7H2. The lowest BCUT2D eigenvalue weighted by molar-refractivity contribution is 0.222. The maximum Gasteiger partial charge on any atom is 0.121 e. The van der Waals surface area contributed by atoms with Crippen LogP contribution in [0.2, 0.25) is 0 Å². The van der Waals surface area contributed by atoms with E-state index in [1.165, 1.54) is 18.2 Å². The Morgan fingerprint density at radius 2 is 2.00 bits per heavy atom. The summed E-state index contributed by atoms with van der Waals surface area (Å²) in [6.45, 7) is -0.120. The Morgan fingerprint density at radius 1 is 1.31 bits per heavy atom. The third-order valence-electron chi connectivity index (χ3n) is 1.68. The molecule has 0 spiro atoms. The zero-order valence-electron chi connectivity index (χ0n) is 7.09. The van der Waals surface area contributed by atoms with Crippen LogP contribution in [0.15, 0.2) is 36.4 Å². The number of para-hydroxylation sites is 1. The Morgan fingerprint density at radius 3 is 2.62 bits per heavy atom. The lowest BCUT2D eigenvalue weighted by Crippen LogP contribution is -1.93. The van der Waals surface area contributed by atoms with E-state index in [0.29, 0.717) is 5.56 Å². The number of benzene rings is 1. The van der Waals surface area contributed by atoms with Gasteiger partial charge in [-0.2, -0.15) is 0 Å². The molecular weight excluding hydrogens is 168 g/mol. The summed E-state index contributed by atoms with van der Waals surface area (Å²) in [6, 6.07) is 6.54. The zero-order valence-corrected chi connectivity index (χ0v) is 7.09. The van der Waals surface area contributed by atoms with Gasteiger partial charge in [-0.3, -0.25) is 0 Å². The topological polar surface area (TPSA) is 60.7 Å². The smallest absolute Gasteiger partial charge is 0.121 e.